The number of aromatic nitrogens is 1. The molecule has 1 unspecified atom stereocenters. The second kappa shape index (κ2) is 14.6. The first-order valence-electron chi connectivity index (χ1n) is 14.3. The molecule has 2 aromatic rings. The fourth-order valence-electron chi connectivity index (χ4n) is 5.21. The molecule has 1 aromatic heterocycles. The van der Waals surface area contributed by atoms with Crippen LogP contribution in [0.25, 0.3) is 5.57 Å². The van der Waals surface area contributed by atoms with Crippen LogP contribution in [0.1, 0.15) is 49.1 Å². The Kier molecular flexibility index (Phi) is 10.7. The van der Waals surface area contributed by atoms with Crippen LogP contribution in [0.4, 0.5) is 5.82 Å². The zero-order valence-electron chi connectivity index (χ0n) is 24.4. The topological polar surface area (TPSA) is 117 Å². The Morgan fingerprint density at radius 2 is 2.12 bits per heavy atom. The van der Waals surface area contributed by atoms with Crippen LogP contribution < -0.4 is 5.32 Å². The lowest BCUT2D eigenvalue weighted by Gasteiger charge is -2.30. The molecule has 2 aliphatic rings. The molecule has 1 aromatic carbocycles. The van der Waals surface area contributed by atoms with E-state index in [4.69, 9.17) is 19.6 Å². The number of hydrogen-bond donors (Lipinski definition) is 3. The molecule has 222 valence electrons. The van der Waals surface area contributed by atoms with Gasteiger partial charge in [-0.1, -0.05) is 43.5 Å². The highest BCUT2D eigenvalue weighted by Crippen LogP contribution is 2.28. The van der Waals surface area contributed by atoms with Crippen molar-refractivity contribution >= 4 is 23.6 Å². The highest BCUT2D eigenvalue weighted by molar-refractivity contribution is 6.08. The maximum absolute atomic E-state index is 11.6. The van der Waals surface area contributed by atoms with Gasteiger partial charge in [0.25, 0.3) is 0 Å². The van der Waals surface area contributed by atoms with Crippen molar-refractivity contribution in [1.29, 1.82) is 5.41 Å². The molecule has 1 atom stereocenters. The summed E-state index contributed by atoms with van der Waals surface area (Å²) < 4.78 is 17.6. The number of ether oxygens (including phenoxy) is 3. The van der Waals surface area contributed by atoms with E-state index in [0.717, 1.165) is 62.9 Å². The molecule has 3 heterocycles. The molecule has 2 aliphatic heterocycles. The third-order valence-electron chi connectivity index (χ3n) is 7.24. The number of nitrogens with one attached hydrogen (secondary N) is 2. The van der Waals surface area contributed by atoms with Crippen LogP contribution in [0.3, 0.4) is 0 Å². The molecule has 0 saturated carbocycles. The minimum atomic E-state index is -1.28. The van der Waals surface area contributed by atoms with Crippen molar-refractivity contribution in [2.45, 2.75) is 52.4 Å². The average molecular weight is 573 g/mol. The first-order valence-corrected chi connectivity index (χ1v) is 14.3. The smallest absolute Gasteiger partial charge is 0.342 e. The number of anilines is 1. The van der Waals surface area contributed by atoms with E-state index < -0.39 is 5.97 Å². The summed E-state index contributed by atoms with van der Waals surface area (Å²) in [6.45, 7) is 16.1. The molecule has 9 nitrogen and oxygen atoms in total. The molecule has 0 bridgehead atoms. The number of carbonyl (C=O) groups is 1. The molecule has 0 spiro atoms. The molecule has 1 fully saturated rings. The third kappa shape index (κ3) is 7.74. The molecule has 1 saturated heterocycles. The summed E-state index contributed by atoms with van der Waals surface area (Å²) in [5.74, 6) is -0.422. The summed E-state index contributed by atoms with van der Waals surface area (Å²) in [6, 6.07) is 11.8. The van der Waals surface area contributed by atoms with E-state index in [-0.39, 0.29) is 18.1 Å². The van der Waals surface area contributed by atoms with Gasteiger partial charge < -0.3 is 30.0 Å². The predicted molar refractivity (Wildman–Crippen MR) is 164 cm³/mol. The fraction of sp³-hybridized carbons (Fsp3) is 0.364. The number of nitrogens with zero attached hydrogens (tertiary/aromatic N) is 2. The van der Waals surface area contributed by atoms with Crippen LogP contribution in [0.5, 0.6) is 0 Å². The first-order chi connectivity index (χ1) is 20.3. The van der Waals surface area contributed by atoms with Crippen LogP contribution in [0.2, 0.25) is 0 Å². The molecule has 3 N–H and O–H groups in total. The Labute approximate surface area is 247 Å². The van der Waals surface area contributed by atoms with Gasteiger partial charge in [-0.25, -0.2) is 9.78 Å². The van der Waals surface area contributed by atoms with Crippen molar-refractivity contribution in [3.05, 3.63) is 101 Å². The van der Waals surface area contributed by atoms with Crippen LogP contribution in [-0.4, -0.2) is 59.6 Å². The predicted octanol–water partition coefficient (Wildman–Crippen LogP) is 5.70. The van der Waals surface area contributed by atoms with Crippen molar-refractivity contribution in [1.82, 2.24) is 9.88 Å². The Balaban J connectivity index is 1.51. The minimum absolute atomic E-state index is 0.0624. The first kappa shape index (κ1) is 30.7. The lowest BCUT2D eigenvalue weighted by molar-refractivity contribution is -0.132. The van der Waals surface area contributed by atoms with Gasteiger partial charge in [0.05, 0.1) is 18.4 Å². The molecule has 9 heteroatoms. The average Bonchev–Trinajstić information content (AvgIpc) is 3.48. The molecular formula is C33H40N4O5. The van der Waals surface area contributed by atoms with Gasteiger partial charge in [-0.3, -0.25) is 4.90 Å². The van der Waals surface area contributed by atoms with E-state index >= 15 is 0 Å². The molecule has 4 rings (SSSR count). The fourth-order valence-corrected chi connectivity index (χ4v) is 5.21. The number of benzene rings is 1. The quantitative estimate of drug-likeness (QED) is 0.114. The Morgan fingerprint density at radius 3 is 2.79 bits per heavy atom. The Bertz CT molecular complexity index is 1390. The van der Waals surface area contributed by atoms with Gasteiger partial charge in [0.1, 0.15) is 23.8 Å². The number of pyridine rings is 1. The van der Waals surface area contributed by atoms with Gasteiger partial charge >= 0.3 is 5.97 Å². The monoisotopic (exact) mass is 572 g/mol. The van der Waals surface area contributed by atoms with Crippen LogP contribution in [0.15, 0.2) is 78.4 Å². The molecular weight excluding hydrogens is 532 g/mol. The number of carboxylic acid groups (broad SMARTS) is 1. The molecule has 42 heavy (non-hydrogen) atoms. The second-order valence-corrected chi connectivity index (χ2v) is 10.4. The maximum atomic E-state index is 11.6. The van der Waals surface area contributed by atoms with Crippen molar-refractivity contribution < 1.29 is 24.1 Å². The van der Waals surface area contributed by atoms with Crippen LogP contribution in [-0.2, 0) is 38.6 Å². The van der Waals surface area contributed by atoms with E-state index in [1.54, 1.807) is 25.1 Å². The standard InChI is InChI=1S/C33H40N4O5/c1-5-27(29-10-7-11-30(35-29)36-32(40-6-2)28(18-34)33(38)39)31(22(3)4)42-21-23-12-13-25-19-37(15-14-24(25)17-23)20-26-9-8-16-41-26/h5,7,10-13,17-18,26,34H,1,3,6,8-9,14-16,19-21H2,2,4H3,(H,35,36)(H,38,39)/b31-27-,32-28-,34-18?. The van der Waals surface area contributed by atoms with E-state index in [2.05, 4.69) is 46.6 Å². The number of hydrogen-bond acceptors (Lipinski definition) is 8. The van der Waals surface area contributed by atoms with Crippen molar-refractivity contribution in [3.63, 3.8) is 0 Å². The summed E-state index contributed by atoms with van der Waals surface area (Å²) in [5, 5.41) is 19.8. The SMILES string of the molecule is C=C/C(=C(/OCc1ccc2c(c1)CCN(CC1CCCO1)C2)C(=C)C)c1cccc(N/C(OCC)=C(\C=N)C(=O)O)n1. The van der Waals surface area contributed by atoms with E-state index in [1.807, 2.05) is 13.0 Å². The minimum Gasteiger partial charge on any atom is -0.488 e. The molecule has 0 amide bonds. The lowest BCUT2D eigenvalue weighted by atomic mass is 9.97. The number of rotatable bonds is 14. The van der Waals surface area contributed by atoms with Gasteiger partial charge in [0.2, 0.25) is 5.88 Å². The van der Waals surface area contributed by atoms with Gasteiger partial charge in [-0.05, 0) is 67.5 Å². The number of aliphatic carboxylic acids is 1. The molecule has 0 radical (unpaired) electrons. The van der Waals surface area contributed by atoms with Gasteiger partial charge in [0, 0.05) is 38.0 Å². The van der Waals surface area contributed by atoms with Crippen molar-refractivity contribution in [3.8, 4) is 0 Å². The number of fused-ring (bicyclic) bond motifs is 1. The summed E-state index contributed by atoms with van der Waals surface area (Å²) in [6.07, 6.45) is 6.09. The summed E-state index contributed by atoms with van der Waals surface area (Å²) in [4.78, 5) is 18.7. The Hall–Kier alpha value is -4.21. The summed E-state index contributed by atoms with van der Waals surface area (Å²) >= 11 is 0. The number of allylic oxidation sites excluding steroid dienone is 3. The third-order valence-corrected chi connectivity index (χ3v) is 7.24. The number of carboxylic acids is 1. The second-order valence-electron chi connectivity index (χ2n) is 10.4. The maximum Gasteiger partial charge on any atom is 0.342 e. The van der Waals surface area contributed by atoms with Gasteiger partial charge in [0.15, 0.2) is 0 Å². The largest absolute Gasteiger partial charge is 0.488 e. The van der Waals surface area contributed by atoms with Crippen molar-refractivity contribution in [2.24, 2.45) is 0 Å². The summed E-state index contributed by atoms with van der Waals surface area (Å²) in [7, 11) is 0. The normalized spacial score (nSPS) is 17.8. The van der Waals surface area contributed by atoms with E-state index in [1.165, 1.54) is 11.1 Å². The van der Waals surface area contributed by atoms with Gasteiger partial charge in [-0.15, -0.1) is 0 Å². The lowest BCUT2D eigenvalue weighted by Crippen LogP contribution is -2.36. The highest BCUT2D eigenvalue weighted by atomic mass is 16.5. The van der Waals surface area contributed by atoms with E-state index in [9.17, 15) is 9.90 Å². The van der Waals surface area contributed by atoms with Crippen LogP contribution >= 0.6 is 0 Å². The zero-order chi connectivity index (χ0) is 30.1. The van der Waals surface area contributed by atoms with E-state index in [0.29, 0.717) is 35.6 Å². The van der Waals surface area contributed by atoms with Crippen LogP contribution in [0, 0.1) is 5.41 Å². The molecule has 0 aliphatic carbocycles. The zero-order valence-corrected chi connectivity index (χ0v) is 24.4. The van der Waals surface area contributed by atoms with Crippen molar-refractivity contribution in [2.75, 3.05) is 31.6 Å². The van der Waals surface area contributed by atoms with Gasteiger partial charge in [-0.2, -0.15) is 0 Å². The Morgan fingerprint density at radius 1 is 1.29 bits per heavy atom. The highest BCUT2D eigenvalue weighted by Gasteiger charge is 2.23. The summed E-state index contributed by atoms with van der Waals surface area (Å²) in [5.41, 5.74) is 5.41.